The van der Waals surface area contributed by atoms with E-state index in [0.717, 1.165) is 12.8 Å². The summed E-state index contributed by atoms with van der Waals surface area (Å²) in [4.78, 5) is 19.2. The maximum Gasteiger partial charge on any atom is 0.358 e. The van der Waals surface area contributed by atoms with Crippen LogP contribution in [0.15, 0.2) is 12.4 Å². The van der Waals surface area contributed by atoms with Gasteiger partial charge in [0.25, 0.3) is 0 Å². The fourth-order valence-electron chi connectivity index (χ4n) is 3.25. The first-order valence-electron chi connectivity index (χ1n) is 7.04. The summed E-state index contributed by atoms with van der Waals surface area (Å²) >= 11 is 0. The molecule has 0 aliphatic heterocycles. The van der Waals surface area contributed by atoms with E-state index in [9.17, 15) is 4.79 Å². The van der Waals surface area contributed by atoms with Gasteiger partial charge in [-0.3, -0.25) is 0 Å². The van der Waals surface area contributed by atoms with Crippen molar-refractivity contribution in [1.29, 1.82) is 0 Å². The molecule has 2 N–H and O–H groups in total. The van der Waals surface area contributed by atoms with E-state index in [1.165, 1.54) is 38.3 Å². The Hall–Kier alpha value is -1.65. The van der Waals surface area contributed by atoms with Gasteiger partial charge >= 0.3 is 5.97 Å². The second-order valence-corrected chi connectivity index (χ2v) is 5.67. The second kappa shape index (κ2) is 4.79. The molecule has 2 fully saturated rings. The SMILES string of the molecule is O=C(O)c1nccnc1NC1(C2CCCCC2)CC1. The van der Waals surface area contributed by atoms with Crippen molar-refractivity contribution in [3.8, 4) is 0 Å². The third kappa shape index (κ3) is 2.41. The van der Waals surface area contributed by atoms with Crippen LogP contribution in [0.25, 0.3) is 0 Å². The van der Waals surface area contributed by atoms with E-state index in [-0.39, 0.29) is 11.2 Å². The predicted octanol–water partition coefficient (Wildman–Crippen LogP) is 2.70. The van der Waals surface area contributed by atoms with Crippen LogP contribution in [0.5, 0.6) is 0 Å². The zero-order valence-corrected chi connectivity index (χ0v) is 10.9. The van der Waals surface area contributed by atoms with Gasteiger partial charge in [-0.1, -0.05) is 19.3 Å². The van der Waals surface area contributed by atoms with Crippen molar-refractivity contribution < 1.29 is 9.90 Å². The monoisotopic (exact) mass is 261 g/mol. The Labute approximate surface area is 112 Å². The van der Waals surface area contributed by atoms with Crippen molar-refractivity contribution in [3.63, 3.8) is 0 Å². The van der Waals surface area contributed by atoms with Crippen LogP contribution >= 0.6 is 0 Å². The van der Waals surface area contributed by atoms with E-state index < -0.39 is 5.97 Å². The number of nitrogens with one attached hydrogen (secondary N) is 1. The molecular formula is C14H19N3O2. The van der Waals surface area contributed by atoms with Crippen LogP contribution < -0.4 is 5.32 Å². The molecule has 2 saturated carbocycles. The van der Waals surface area contributed by atoms with Gasteiger partial charge in [-0.25, -0.2) is 14.8 Å². The van der Waals surface area contributed by atoms with Gasteiger partial charge in [0.05, 0.1) is 0 Å². The number of hydrogen-bond donors (Lipinski definition) is 2. The van der Waals surface area contributed by atoms with Gasteiger partial charge in [-0.2, -0.15) is 0 Å². The fourth-order valence-corrected chi connectivity index (χ4v) is 3.25. The van der Waals surface area contributed by atoms with Crippen molar-refractivity contribution in [2.24, 2.45) is 5.92 Å². The molecule has 19 heavy (non-hydrogen) atoms. The summed E-state index contributed by atoms with van der Waals surface area (Å²) in [5.41, 5.74) is 0.116. The van der Waals surface area contributed by atoms with E-state index >= 15 is 0 Å². The summed E-state index contributed by atoms with van der Waals surface area (Å²) < 4.78 is 0. The Morgan fingerprint density at radius 1 is 1.21 bits per heavy atom. The van der Waals surface area contributed by atoms with Crippen LogP contribution in [0.4, 0.5) is 5.82 Å². The highest BCUT2D eigenvalue weighted by Gasteiger charge is 2.49. The lowest BCUT2D eigenvalue weighted by atomic mass is 9.82. The van der Waals surface area contributed by atoms with Gasteiger partial charge in [0.1, 0.15) is 0 Å². The second-order valence-electron chi connectivity index (χ2n) is 5.67. The van der Waals surface area contributed by atoms with Gasteiger partial charge in [0.2, 0.25) is 0 Å². The standard InChI is InChI=1S/C14H19N3O2/c18-13(19)11-12(16-9-8-15-11)17-14(6-7-14)10-4-2-1-3-5-10/h8-10H,1-7H2,(H,16,17)(H,18,19). The van der Waals surface area contributed by atoms with Crippen molar-refractivity contribution in [1.82, 2.24) is 9.97 Å². The molecule has 0 atom stereocenters. The summed E-state index contributed by atoms with van der Waals surface area (Å²) in [7, 11) is 0. The maximum absolute atomic E-state index is 11.2. The van der Waals surface area contributed by atoms with Crippen LogP contribution in [-0.2, 0) is 0 Å². The molecule has 0 aromatic carbocycles. The molecule has 2 aliphatic rings. The highest BCUT2D eigenvalue weighted by atomic mass is 16.4. The summed E-state index contributed by atoms with van der Waals surface area (Å²) in [6, 6.07) is 0. The predicted molar refractivity (Wildman–Crippen MR) is 71.2 cm³/mol. The first-order valence-corrected chi connectivity index (χ1v) is 7.04. The summed E-state index contributed by atoms with van der Waals surface area (Å²) in [5, 5.41) is 12.5. The highest BCUT2D eigenvalue weighted by Crippen LogP contribution is 2.50. The van der Waals surface area contributed by atoms with Crippen LogP contribution in [0.1, 0.15) is 55.4 Å². The molecule has 0 spiro atoms. The molecule has 102 valence electrons. The zero-order valence-electron chi connectivity index (χ0n) is 10.9. The maximum atomic E-state index is 11.2. The van der Waals surface area contributed by atoms with Gasteiger partial charge in [0, 0.05) is 17.9 Å². The molecule has 5 nitrogen and oxygen atoms in total. The van der Waals surface area contributed by atoms with Gasteiger partial charge in [-0.15, -0.1) is 0 Å². The topological polar surface area (TPSA) is 75.1 Å². The summed E-state index contributed by atoms with van der Waals surface area (Å²) in [6.07, 6.45) is 11.6. The van der Waals surface area contributed by atoms with E-state index in [1.807, 2.05) is 0 Å². The van der Waals surface area contributed by atoms with Crippen molar-refractivity contribution >= 4 is 11.8 Å². The Balaban J connectivity index is 1.79. The average Bonchev–Trinajstić information content (AvgIpc) is 3.21. The van der Waals surface area contributed by atoms with Crippen LogP contribution in [0.2, 0.25) is 0 Å². The zero-order chi connectivity index (χ0) is 13.3. The Morgan fingerprint density at radius 3 is 2.53 bits per heavy atom. The molecule has 0 radical (unpaired) electrons. The molecule has 0 unspecified atom stereocenters. The van der Waals surface area contributed by atoms with E-state index in [1.54, 1.807) is 6.20 Å². The molecule has 1 aromatic rings. The third-order valence-electron chi connectivity index (χ3n) is 4.44. The van der Waals surface area contributed by atoms with Gasteiger partial charge in [-0.05, 0) is 31.6 Å². The lowest BCUT2D eigenvalue weighted by Crippen LogP contribution is -2.34. The molecule has 0 amide bonds. The highest BCUT2D eigenvalue weighted by molar-refractivity contribution is 5.90. The van der Waals surface area contributed by atoms with Crippen LogP contribution in [-0.4, -0.2) is 26.6 Å². The number of anilines is 1. The molecule has 2 aliphatic carbocycles. The molecule has 1 aromatic heterocycles. The fraction of sp³-hybridized carbons (Fsp3) is 0.643. The molecule has 1 heterocycles. The van der Waals surface area contributed by atoms with Gasteiger partial charge in [0.15, 0.2) is 11.5 Å². The normalized spacial score (nSPS) is 21.9. The smallest absolute Gasteiger partial charge is 0.358 e. The van der Waals surface area contributed by atoms with Gasteiger partial charge < -0.3 is 10.4 Å². The van der Waals surface area contributed by atoms with E-state index in [2.05, 4.69) is 15.3 Å². The number of hydrogen-bond acceptors (Lipinski definition) is 4. The van der Waals surface area contributed by atoms with Crippen LogP contribution in [0.3, 0.4) is 0 Å². The minimum absolute atomic E-state index is 0.0320. The number of carboxylic acid groups (broad SMARTS) is 1. The lowest BCUT2D eigenvalue weighted by molar-refractivity contribution is 0.0691. The minimum Gasteiger partial charge on any atom is -0.476 e. The molecule has 0 saturated heterocycles. The van der Waals surface area contributed by atoms with Crippen molar-refractivity contribution in [2.45, 2.75) is 50.5 Å². The number of carboxylic acids is 1. The van der Waals surface area contributed by atoms with Crippen molar-refractivity contribution in [2.75, 3.05) is 5.32 Å². The quantitative estimate of drug-likeness (QED) is 0.871. The Bertz CT molecular complexity index is 479. The van der Waals surface area contributed by atoms with E-state index in [0.29, 0.717) is 11.7 Å². The molecular weight excluding hydrogens is 242 g/mol. The first kappa shape index (κ1) is 12.4. The summed E-state index contributed by atoms with van der Waals surface area (Å²) in [6.45, 7) is 0. The Kier molecular flexibility index (Phi) is 3.12. The molecule has 0 bridgehead atoms. The molecule has 3 rings (SSSR count). The number of aromatic carboxylic acids is 1. The number of aromatic nitrogens is 2. The third-order valence-corrected chi connectivity index (χ3v) is 4.44. The number of rotatable bonds is 4. The van der Waals surface area contributed by atoms with Crippen molar-refractivity contribution in [3.05, 3.63) is 18.1 Å². The average molecular weight is 261 g/mol. The number of nitrogens with zero attached hydrogens (tertiary/aromatic N) is 2. The van der Waals surface area contributed by atoms with Crippen LogP contribution in [0, 0.1) is 5.92 Å². The largest absolute Gasteiger partial charge is 0.476 e. The van der Waals surface area contributed by atoms with E-state index in [4.69, 9.17) is 5.11 Å². The number of carbonyl (C=O) groups is 1. The first-order chi connectivity index (χ1) is 9.21. The minimum atomic E-state index is -1.02. The Morgan fingerprint density at radius 2 is 1.89 bits per heavy atom. The molecule has 5 heteroatoms. The summed E-state index contributed by atoms with van der Waals surface area (Å²) in [5.74, 6) is 0.0676. The lowest BCUT2D eigenvalue weighted by Gasteiger charge is -2.31.